The van der Waals surface area contributed by atoms with Crippen LogP contribution in [0.4, 0.5) is 0 Å². The van der Waals surface area contributed by atoms with Gasteiger partial charge in [0.05, 0.1) is 19.6 Å². The van der Waals surface area contributed by atoms with Crippen LogP contribution in [-0.2, 0) is 17.6 Å². The summed E-state index contributed by atoms with van der Waals surface area (Å²) in [4.78, 5) is 12.2. The summed E-state index contributed by atoms with van der Waals surface area (Å²) in [6.07, 6.45) is 1.15. The van der Waals surface area contributed by atoms with Crippen molar-refractivity contribution in [2.24, 2.45) is 0 Å². The predicted octanol–water partition coefficient (Wildman–Crippen LogP) is 2.36. The van der Waals surface area contributed by atoms with Gasteiger partial charge in [0.25, 0.3) is 0 Å². The number of benzene rings is 2. The quantitative estimate of drug-likeness (QED) is 0.942. The maximum Gasteiger partial charge on any atom is 0.224 e. The molecule has 0 aliphatic carbocycles. The third-order valence-electron chi connectivity index (χ3n) is 3.74. The van der Waals surface area contributed by atoms with Crippen LogP contribution in [-0.4, -0.2) is 25.7 Å². The van der Waals surface area contributed by atoms with Crippen molar-refractivity contribution in [1.82, 2.24) is 5.32 Å². The second-order valence-electron chi connectivity index (χ2n) is 5.42. The van der Waals surface area contributed by atoms with Crippen LogP contribution in [0.15, 0.2) is 48.5 Å². The number of nitrogens with one attached hydrogen (secondary N) is 1. The average molecular weight is 297 g/mol. The van der Waals surface area contributed by atoms with Crippen LogP contribution in [0.3, 0.4) is 0 Å². The number of hydrogen-bond donors (Lipinski definition) is 1. The van der Waals surface area contributed by atoms with Crippen LogP contribution in [0.2, 0.25) is 0 Å². The number of carbonyl (C=O) groups excluding carboxylic acids is 1. The minimum atomic E-state index is 0.00114. The van der Waals surface area contributed by atoms with Gasteiger partial charge in [-0.3, -0.25) is 4.79 Å². The Kier molecular flexibility index (Phi) is 4.28. The molecule has 4 nitrogen and oxygen atoms in total. The molecule has 1 aliphatic heterocycles. The van der Waals surface area contributed by atoms with Gasteiger partial charge in [-0.1, -0.05) is 30.3 Å². The van der Waals surface area contributed by atoms with Crippen molar-refractivity contribution in [2.45, 2.75) is 18.9 Å². The van der Waals surface area contributed by atoms with Crippen LogP contribution in [0.25, 0.3) is 0 Å². The number of ether oxygens (including phenoxy) is 2. The molecule has 1 heterocycles. The summed E-state index contributed by atoms with van der Waals surface area (Å²) >= 11 is 0. The largest absolute Gasteiger partial charge is 0.497 e. The van der Waals surface area contributed by atoms with E-state index < -0.39 is 0 Å². The summed E-state index contributed by atoms with van der Waals surface area (Å²) in [5, 5.41) is 3.04. The minimum Gasteiger partial charge on any atom is -0.497 e. The van der Waals surface area contributed by atoms with E-state index in [1.54, 1.807) is 7.11 Å². The van der Waals surface area contributed by atoms with Gasteiger partial charge in [-0.2, -0.15) is 0 Å². The molecule has 0 spiro atoms. The summed E-state index contributed by atoms with van der Waals surface area (Å²) < 4.78 is 10.9. The summed E-state index contributed by atoms with van der Waals surface area (Å²) in [6.45, 7) is 0.515. The normalized spacial score (nSPS) is 16.3. The monoisotopic (exact) mass is 297 g/mol. The Hall–Kier alpha value is -2.49. The number of amides is 1. The Morgan fingerprint density at radius 1 is 1.27 bits per heavy atom. The van der Waals surface area contributed by atoms with Crippen molar-refractivity contribution in [3.63, 3.8) is 0 Å². The van der Waals surface area contributed by atoms with E-state index in [9.17, 15) is 4.79 Å². The Labute approximate surface area is 130 Å². The van der Waals surface area contributed by atoms with Crippen LogP contribution in [0.5, 0.6) is 11.5 Å². The molecule has 22 heavy (non-hydrogen) atoms. The SMILES string of the molecule is COc1cccc(CC(=O)N[C@H]2COc3ccccc3C2)c1. The van der Waals surface area contributed by atoms with E-state index in [-0.39, 0.29) is 11.9 Å². The maximum atomic E-state index is 12.2. The summed E-state index contributed by atoms with van der Waals surface area (Å²) in [7, 11) is 1.62. The van der Waals surface area contributed by atoms with E-state index >= 15 is 0 Å². The lowest BCUT2D eigenvalue weighted by Gasteiger charge is -2.26. The van der Waals surface area contributed by atoms with Crippen molar-refractivity contribution < 1.29 is 14.3 Å². The summed E-state index contributed by atoms with van der Waals surface area (Å²) in [5.41, 5.74) is 2.08. The first-order valence-electron chi connectivity index (χ1n) is 7.37. The standard InChI is InChI=1S/C18H19NO3/c1-21-16-7-4-5-13(9-16)10-18(20)19-15-11-14-6-2-3-8-17(14)22-12-15/h2-9,15H,10-12H2,1H3,(H,19,20)/t15-/m1/s1. The van der Waals surface area contributed by atoms with Gasteiger partial charge in [0.1, 0.15) is 18.1 Å². The highest BCUT2D eigenvalue weighted by molar-refractivity contribution is 5.79. The lowest BCUT2D eigenvalue weighted by molar-refractivity contribution is -0.121. The lowest BCUT2D eigenvalue weighted by atomic mass is 10.0. The van der Waals surface area contributed by atoms with Gasteiger partial charge in [0.2, 0.25) is 5.91 Å². The molecule has 0 saturated heterocycles. The summed E-state index contributed by atoms with van der Waals surface area (Å²) in [6, 6.07) is 15.5. The van der Waals surface area contributed by atoms with Crippen LogP contribution in [0.1, 0.15) is 11.1 Å². The van der Waals surface area contributed by atoms with Crippen molar-refractivity contribution in [3.8, 4) is 11.5 Å². The van der Waals surface area contributed by atoms with Crippen molar-refractivity contribution in [1.29, 1.82) is 0 Å². The maximum absolute atomic E-state index is 12.2. The third kappa shape index (κ3) is 3.39. The Morgan fingerprint density at radius 2 is 2.14 bits per heavy atom. The molecule has 0 aromatic heterocycles. The molecule has 1 aliphatic rings. The number of methoxy groups -OCH3 is 1. The van der Waals surface area contributed by atoms with Gasteiger partial charge in [-0.25, -0.2) is 0 Å². The van der Waals surface area contributed by atoms with Gasteiger partial charge >= 0.3 is 0 Å². The average Bonchev–Trinajstić information content (AvgIpc) is 2.55. The Bertz CT molecular complexity index is 669. The highest BCUT2D eigenvalue weighted by Crippen LogP contribution is 2.23. The van der Waals surface area contributed by atoms with Gasteiger partial charge < -0.3 is 14.8 Å². The topological polar surface area (TPSA) is 47.6 Å². The zero-order valence-electron chi connectivity index (χ0n) is 12.5. The van der Waals surface area contributed by atoms with E-state index in [0.29, 0.717) is 13.0 Å². The highest BCUT2D eigenvalue weighted by Gasteiger charge is 2.21. The second kappa shape index (κ2) is 6.52. The predicted molar refractivity (Wildman–Crippen MR) is 84.3 cm³/mol. The van der Waals surface area contributed by atoms with Crippen molar-refractivity contribution in [3.05, 3.63) is 59.7 Å². The number of carbonyl (C=O) groups is 1. The Morgan fingerprint density at radius 3 is 3.00 bits per heavy atom. The first-order valence-corrected chi connectivity index (χ1v) is 7.37. The Balaban J connectivity index is 1.58. The molecule has 1 N–H and O–H groups in total. The molecule has 1 amide bonds. The first kappa shape index (κ1) is 14.4. The zero-order valence-corrected chi connectivity index (χ0v) is 12.5. The molecule has 0 radical (unpaired) electrons. The van der Waals surface area contributed by atoms with E-state index in [4.69, 9.17) is 9.47 Å². The van der Waals surface area contributed by atoms with E-state index in [1.807, 2.05) is 48.5 Å². The minimum absolute atomic E-state index is 0.00114. The highest BCUT2D eigenvalue weighted by atomic mass is 16.5. The number of para-hydroxylation sites is 1. The van der Waals surface area contributed by atoms with Crippen LogP contribution in [0, 0.1) is 0 Å². The van der Waals surface area contributed by atoms with Gasteiger partial charge in [-0.15, -0.1) is 0 Å². The molecule has 0 bridgehead atoms. The third-order valence-corrected chi connectivity index (χ3v) is 3.74. The molecule has 4 heteroatoms. The first-order chi connectivity index (χ1) is 10.7. The van der Waals surface area contributed by atoms with Crippen molar-refractivity contribution >= 4 is 5.91 Å². The van der Waals surface area contributed by atoms with E-state index in [0.717, 1.165) is 29.0 Å². The fourth-order valence-corrected chi connectivity index (χ4v) is 2.67. The zero-order chi connectivity index (χ0) is 15.4. The molecule has 0 fully saturated rings. The molecule has 114 valence electrons. The molecule has 2 aromatic rings. The fraction of sp³-hybridized carbons (Fsp3) is 0.278. The number of fused-ring (bicyclic) bond motifs is 1. The number of hydrogen-bond acceptors (Lipinski definition) is 3. The van der Waals surface area contributed by atoms with E-state index in [1.165, 1.54) is 0 Å². The van der Waals surface area contributed by atoms with Gasteiger partial charge in [-0.05, 0) is 35.7 Å². The number of rotatable bonds is 4. The molecule has 3 rings (SSSR count). The van der Waals surface area contributed by atoms with Crippen molar-refractivity contribution in [2.75, 3.05) is 13.7 Å². The molecular weight excluding hydrogens is 278 g/mol. The smallest absolute Gasteiger partial charge is 0.224 e. The molecule has 0 saturated carbocycles. The van der Waals surface area contributed by atoms with Crippen LogP contribution >= 0.6 is 0 Å². The van der Waals surface area contributed by atoms with E-state index in [2.05, 4.69) is 5.32 Å². The molecular formula is C18H19NO3. The van der Waals surface area contributed by atoms with Crippen LogP contribution < -0.4 is 14.8 Å². The van der Waals surface area contributed by atoms with Gasteiger partial charge in [0, 0.05) is 0 Å². The van der Waals surface area contributed by atoms with Gasteiger partial charge in [0.15, 0.2) is 0 Å². The fourth-order valence-electron chi connectivity index (χ4n) is 2.67. The summed E-state index contributed by atoms with van der Waals surface area (Å²) in [5.74, 6) is 1.68. The second-order valence-corrected chi connectivity index (χ2v) is 5.42. The lowest BCUT2D eigenvalue weighted by Crippen LogP contribution is -2.43. The molecule has 2 aromatic carbocycles. The molecule has 1 atom stereocenters. The molecule has 0 unspecified atom stereocenters.